The number of hydrogen-bond donors (Lipinski definition) is 1. The van der Waals surface area contributed by atoms with Crippen molar-refractivity contribution in [1.82, 2.24) is 9.55 Å². The number of hydrogen-bond acceptors (Lipinski definition) is 2. The monoisotopic (exact) mass is 309 g/mol. The van der Waals surface area contributed by atoms with E-state index >= 15 is 0 Å². The van der Waals surface area contributed by atoms with Crippen molar-refractivity contribution in [3.63, 3.8) is 0 Å². The Balaban J connectivity index is 2.65. The van der Waals surface area contributed by atoms with Gasteiger partial charge in [-0.1, -0.05) is 12.2 Å². The van der Waals surface area contributed by atoms with Crippen LogP contribution in [-0.2, 0) is 12.7 Å². The second-order valence-electron chi connectivity index (χ2n) is 4.06. The average molecular weight is 309 g/mol. The van der Waals surface area contributed by atoms with Crippen LogP contribution in [0.5, 0.6) is 0 Å². The van der Waals surface area contributed by atoms with Crippen molar-refractivity contribution in [3.8, 4) is 0 Å². The Morgan fingerprint density at radius 2 is 1.85 bits per heavy atom. The summed E-state index contributed by atoms with van der Waals surface area (Å²) in [6.45, 7) is -0.217. The van der Waals surface area contributed by atoms with Crippen molar-refractivity contribution in [2.24, 2.45) is 5.73 Å². The summed E-state index contributed by atoms with van der Waals surface area (Å²) >= 11 is 4.60. The first-order valence-corrected chi connectivity index (χ1v) is 5.81. The Labute approximate surface area is 115 Å². The van der Waals surface area contributed by atoms with Gasteiger partial charge in [0.2, 0.25) is 5.82 Å². The molecule has 0 saturated heterocycles. The van der Waals surface area contributed by atoms with Gasteiger partial charge in [0.05, 0.1) is 16.0 Å². The Hall–Kier alpha value is -1.77. The fourth-order valence-corrected chi connectivity index (χ4v) is 1.88. The smallest absolute Gasteiger partial charge is 0.393 e. The summed E-state index contributed by atoms with van der Waals surface area (Å²) in [5.41, 5.74) is 4.81. The number of aryl methyl sites for hydroxylation is 1. The summed E-state index contributed by atoms with van der Waals surface area (Å²) in [6.07, 6.45) is -4.76. The number of nitrogens with zero attached hydrogens (tertiary/aromatic N) is 2. The van der Waals surface area contributed by atoms with Crippen molar-refractivity contribution in [1.29, 1.82) is 0 Å². The number of aromatic nitrogens is 2. The van der Waals surface area contributed by atoms with Crippen LogP contribution in [0.1, 0.15) is 12.2 Å². The zero-order valence-corrected chi connectivity index (χ0v) is 10.7. The lowest BCUT2D eigenvalue weighted by Crippen LogP contribution is -2.18. The molecule has 1 aromatic heterocycles. The minimum absolute atomic E-state index is 0.0110. The Bertz CT molecular complexity index is 677. The normalized spacial score (nSPS) is 12.1. The lowest BCUT2D eigenvalue weighted by Gasteiger charge is -2.10. The molecule has 0 aliphatic heterocycles. The molecule has 2 aromatic rings. The summed E-state index contributed by atoms with van der Waals surface area (Å²) in [7, 11) is 0. The van der Waals surface area contributed by atoms with Gasteiger partial charge in [0.1, 0.15) is 0 Å². The predicted octanol–water partition coefficient (Wildman–Crippen LogP) is 3.01. The topological polar surface area (TPSA) is 43.8 Å². The van der Waals surface area contributed by atoms with E-state index < -0.39 is 23.6 Å². The van der Waals surface area contributed by atoms with Gasteiger partial charge in [0.15, 0.2) is 11.6 Å². The second-order valence-corrected chi connectivity index (χ2v) is 4.58. The molecule has 0 spiro atoms. The van der Waals surface area contributed by atoms with Crippen LogP contribution in [0.2, 0.25) is 0 Å². The first kappa shape index (κ1) is 14.6. The van der Waals surface area contributed by atoms with Crippen molar-refractivity contribution >= 4 is 28.2 Å². The van der Waals surface area contributed by atoms with E-state index in [0.29, 0.717) is 12.1 Å². The third-order valence-electron chi connectivity index (χ3n) is 2.63. The summed E-state index contributed by atoms with van der Waals surface area (Å²) in [4.78, 5) is 3.33. The van der Waals surface area contributed by atoms with E-state index in [9.17, 15) is 22.0 Å². The third-order valence-corrected chi connectivity index (χ3v) is 2.83. The minimum Gasteiger partial charge on any atom is -0.393 e. The van der Waals surface area contributed by atoms with Gasteiger partial charge in [0, 0.05) is 25.1 Å². The molecule has 1 heterocycles. The van der Waals surface area contributed by atoms with Crippen LogP contribution in [0.4, 0.5) is 22.0 Å². The van der Waals surface area contributed by atoms with Crippen molar-refractivity contribution < 1.29 is 22.0 Å². The SMILES string of the molecule is NC(=S)CCn1c(C(F)(F)F)nc2cc(F)c(F)cc21. The molecular weight excluding hydrogens is 301 g/mol. The molecule has 108 valence electrons. The lowest BCUT2D eigenvalue weighted by molar-refractivity contribution is -0.146. The number of imidazole rings is 1. The molecule has 0 radical (unpaired) electrons. The zero-order chi connectivity index (χ0) is 15.1. The van der Waals surface area contributed by atoms with Gasteiger partial charge >= 0.3 is 6.18 Å². The standard InChI is InChI=1S/C11H8F5N3S/c12-5-3-7-8(4-6(5)13)19(2-1-9(17)20)10(18-7)11(14,15)16/h3-4H,1-2H2,(H2,17,20). The molecule has 0 saturated carbocycles. The van der Waals surface area contributed by atoms with Crippen LogP contribution in [0.25, 0.3) is 11.0 Å². The van der Waals surface area contributed by atoms with Gasteiger partial charge in [-0.2, -0.15) is 13.2 Å². The van der Waals surface area contributed by atoms with Crippen molar-refractivity contribution in [2.75, 3.05) is 0 Å². The quantitative estimate of drug-likeness (QED) is 0.700. The van der Waals surface area contributed by atoms with Gasteiger partial charge in [-0.05, 0) is 0 Å². The van der Waals surface area contributed by atoms with Crippen LogP contribution < -0.4 is 5.73 Å². The number of nitrogens with two attached hydrogens (primary N) is 1. The molecule has 0 aliphatic rings. The number of rotatable bonds is 3. The molecule has 0 amide bonds. The molecule has 1 aromatic carbocycles. The van der Waals surface area contributed by atoms with Crippen LogP contribution in [0.15, 0.2) is 12.1 Å². The zero-order valence-electron chi connectivity index (χ0n) is 9.84. The number of fused-ring (bicyclic) bond motifs is 1. The summed E-state index contributed by atoms with van der Waals surface area (Å²) < 4.78 is 65.6. The number of thiocarbonyl (C=S) groups is 1. The summed E-state index contributed by atoms with van der Waals surface area (Å²) in [6, 6.07) is 1.30. The van der Waals surface area contributed by atoms with Crippen LogP contribution in [0.3, 0.4) is 0 Å². The molecule has 0 bridgehead atoms. The Kier molecular flexibility index (Phi) is 3.63. The maximum absolute atomic E-state index is 13.2. The molecule has 20 heavy (non-hydrogen) atoms. The second kappa shape index (κ2) is 4.97. The van der Waals surface area contributed by atoms with Gasteiger partial charge in [-0.3, -0.25) is 0 Å². The molecule has 0 unspecified atom stereocenters. The van der Waals surface area contributed by atoms with E-state index in [0.717, 1.165) is 4.57 Å². The molecule has 9 heteroatoms. The maximum atomic E-state index is 13.2. The highest BCUT2D eigenvalue weighted by atomic mass is 32.1. The van der Waals surface area contributed by atoms with Crippen LogP contribution in [-0.4, -0.2) is 14.5 Å². The van der Waals surface area contributed by atoms with Gasteiger partial charge in [-0.15, -0.1) is 0 Å². The van der Waals surface area contributed by atoms with Gasteiger partial charge < -0.3 is 10.3 Å². The van der Waals surface area contributed by atoms with E-state index in [1.54, 1.807) is 0 Å². The maximum Gasteiger partial charge on any atom is 0.449 e. The van der Waals surface area contributed by atoms with Crippen LogP contribution >= 0.6 is 12.2 Å². The van der Waals surface area contributed by atoms with Crippen molar-refractivity contribution in [3.05, 3.63) is 29.6 Å². The average Bonchev–Trinajstić information content (AvgIpc) is 2.65. The van der Waals surface area contributed by atoms with Gasteiger partial charge in [0.25, 0.3) is 0 Å². The molecule has 0 atom stereocenters. The molecular formula is C11H8F5N3S. The van der Waals surface area contributed by atoms with E-state index in [-0.39, 0.29) is 29.0 Å². The Morgan fingerprint density at radius 3 is 2.40 bits per heavy atom. The fraction of sp³-hybridized carbons (Fsp3) is 0.273. The highest BCUT2D eigenvalue weighted by Crippen LogP contribution is 2.32. The highest BCUT2D eigenvalue weighted by molar-refractivity contribution is 7.80. The van der Waals surface area contributed by atoms with E-state index in [4.69, 9.17) is 5.73 Å². The van der Waals surface area contributed by atoms with Crippen LogP contribution in [0, 0.1) is 11.6 Å². The number of alkyl halides is 3. The lowest BCUT2D eigenvalue weighted by atomic mass is 10.3. The van der Waals surface area contributed by atoms with Crippen molar-refractivity contribution in [2.45, 2.75) is 19.1 Å². The Morgan fingerprint density at radius 1 is 1.25 bits per heavy atom. The molecule has 0 fully saturated rings. The highest BCUT2D eigenvalue weighted by Gasteiger charge is 2.37. The van der Waals surface area contributed by atoms with Gasteiger partial charge in [-0.25, -0.2) is 13.8 Å². The molecule has 0 aliphatic carbocycles. The molecule has 2 rings (SSSR count). The number of halogens is 5. The fourth-order valence-electron chi connectivity index (χ4n) is 1.78. The summed E-state index contributed by atoms with van der Waals surface area (Å²) in [5.74, 6) is -3.75. The first-order chi connectivity index (χ1) is 9.20. The third kappa shape index (κ3) is 2.72. The first-order valence-electron chi connectivity index (χ1n) is 5.41. The van der Waals surface area contributed by atoms with E-state index in [2.05, 4.69) is 17.2 Å². The summed E-state index contributed by atoms with van der Waals surface area (Å²) in [5, 5.41) is 0. The minimum atomic E-state index is -4.75. The molecule has 2 N–H and O–H groups in total. The van der Waals surface area contributed by atoms with E-state index in [1.807, 2.05) is 0 Å². The number of benzene rings is 1. The predicted molar refractivity (Wildman–Crippen MR) is 66.1 cm³/mol. The largest absolute Gasteiger partial charge is 0.449 e. The van der Waals surface area contributed by atoms with E-state index in [1.165, 1.54) is 0 Å². The molecule has 3 nitrogen and oxygen atoms in total.